The maximum Gasteiger partial charge on any atom is 0.256 e. The molecule has 6 nitrogen and oxygen atoms in total. The number of allylic oxidation sites excluding steroid dienone is 5. The van der Waals surface area contributed by atoms with Gasteiger partial charge in [0, 0.05) is 42.0 Å². The SMILES string of the molecule is C=N/N=c1/c(C)cc(N2C(=C)C(=C(N)C3CC3)C(=NC)C2C2=CC=C(Cl)CC2)cn1CC(F)F. The van der Waals surface area contributed by atoms with E-state index in [2.05, 4.69) is 28.5 Å². The lowest BCUT2D eigenvalue weighted by molar-refractivity contribution is 0.125. The van der Waals surface area contributed by atoms with Crippen molar-refractivity contribution in [3.05, 3.63) is 69.6 Å². The number of alkyl halides is 2. The number of aliphatic imine (C=N–C) groups is 1. The molecule has 1 saturated carbocycles. The summed E-state index contributed by atoms with van der Waals surface area (Å²) in [5.41, 5.74) is 12.7. The van der Waals surface area contributed by atoms with Gasteiger partial charge in [0.2, 0.25) is 0 Å². The van der Waals surface area contributed by atoms with Crippen molar-refractivity contribution in [2.24, 2.45) is 26.8 Å². The minimum atomic E-state index is -2.56. The van der Waals surface area contributed by atoms with Gasteiger partial charge in [-0.3, -0.25) is 4.99 Å². The van der Waals surface area contributed by atoms with E-state index >= 15 is 0 Å². The molecule has 1 aromatic heterocycles. The van der Waals surface area contributed by atoms with Crippen LogP contribution in [0.1, 0.15) is 31.2 Å². The summed E-state index contributed by atoms with van der Waals surface area (Å²) < 4.78 is 28.3. The van der Waals surface area contributed by atoms with Crippen molar-refractivity contribution in [3.8, 4) is 0 Å². The normalized spacial score (nSPS) is 24.1. The lowest BCUT2D eigenvalue weighted by atomic mass is 9.92. The summed E-state index contributed by atoms with van der Waals surface area (Å²) in [5.74, 6) is 0.323. The second kappa shape index (κ2) is 9.70. The average Bonchev–Trinajstić information content (AvgIpc) is 3.59. The first kappa shape index (κ1) is 24.1. The molecule has 3 aliphatic rings. The predicted octanol–water partition coefficient (Wildman–Crippen LogP) is 4.82. The van der Waals surface area contributed by atoms with Gasteiger partial charge in [0.05, 0.1) is 24.0 Å². The second-order valence-electron chi connectivity index (χ2n) is 8.78. The standard InChI is InChI=1S/C25H29ClF2N6/c1-14-11-19(12-33(13-20(27)28)25(14)32-31-4)34-15(2)21(22(29)16-5-6-16)23(30-3)24(34)17-7-9-18(26)10-8-17/h7,9,11-12,16,20,24H,2,4-6,8,10,13,29H2,1,3H3/b22-21?,30-23?,32-25-. The van der Waals surface area contributed by atoms with Gasteiger partial charge in [-0.15, -0.1) is 5.10 Å². The summed E-state index contributed by atoms with van der Waals surface area (Å²) in [5, 5.41) is 8.35. The van der Waals surface area contributed by atoms with Crippen LogP contribution in [0.15, 0.2) is 73.8 Å². The highest BCUT2D eigenvalue weighted by Gasteiger charge is 2.43. The van der Waals surface area contributed by atoms with Crippen LogP contribution in [0.3, 0.4) is 0 Å². The minimum Gasteiger partial charge on any atom is -0.401 e. The smallest absolute Gasteiger partial charge is 0.256 e. The third-order valence-electron chi connectivity index (χ3n) is 6.44. The van der Waals surface area contributed by atoms with Crippen LogP contribution in [0, 0.1) is 12.8 Å². The number of pyridine rings is 1. The monoisotopic (exact) mass is 486 g/mol. The average molecular weight is 487 g/mol. The minimum absolute atomic E-state index is 0.259. The van der Waals surface area contributed by atoms with Gasteiger partial charge in [-0.1, -0.05) is 24.3 Å². The van der Waals surface area contributed by atoms with E-state index in [-0.39, 0.29) is 6.04 Å². The van der Waals surface area contributed by atoms with Crippen LogP contribution < -0.4 is 16.1 Å². The van der Waals surface area contributed by atoms with Crippen molar-refractivity contribution >= 4 is 29.7 Å². The van der Waals surface area contributed by atoms with Crippen molar-refractivity contribution in [1.29, 1.82) is 0 Å². The van der Waals surface area contributed by atoms with Gasteiger partial charge in [0.15, 0.2) is 5.49 Å². The number of hydrogen-bond donors (Lipinski definition) is 1. The molecule has 0 bridgehead atoms. The van der Waals surface area contributed by atoms with Crippen molar-refractivity contribution < 1.29 is 8.78 Å². The zero-order valence-corrected chi connectivity index (χ0v) is 20.2. The van der Waals surface area contributed by atoms with Crippen LogP contribution in [-0.2, 0) is 6.54 Å². The van der Waals surface area contributed by atoms with Crippen LogP contribution in [-0.4, -0.2) is 36.5 Å². The summed E-state index contributed by atoms with van der Waals surface area (Å²) in [4.78, 5) is 6.70. The molecule has 1 aromatic rings. The summed E-state index contributed by atoms with van der Waals surface area (Å²) in [6.07, 6.45) is 6.60. The fraction of sp³-hybridized carbons (Fsp3) is 0.400. The Hall–Kier alpha value is -3.00. The summed E-state index contributed by atoms with van der Waals surface area (Å²) >= 11 is 6.23. The fourth-order valence-electron chi connectivity index (χ4n) is 4.73. The Morgan fingerprint density at radius 3 is 2.59 bits per heavy atom. The molecule has 180 valence electrons. The first-order chi connectivity index (χ1) is 16.3. The van der Waals surface area contributed by atoms with E-state index in [1.54, 1.807) is 13.2 Å². The van der Waals surface area contributed by atoms with Gasteiger partial charge in [-0.05, 0) is 61.8 Å². The van der Waals surface area contributed by atoms with Crippen LogP contribution in [0.5, 0.6) is 0 Å². The summed E-state index contributed by atoms with van der Waals surface area (Å²) in [6, 6.07) is 1.64. The molecule has 2 heterocycles. The Morgan fingerprint density at radius 2 is 2.03 bits per heavy atom. The highest BCUT2D eigenvalue weighted by molar-refractivity contribution is 6.29. The van der Waals surface area contributed by atoms with Crippen LogP contribution in [0.2, 0.25) is 0 Å². The quantitative estimate of drug-likeness (QED) is 0.462. The highest BCUT2D eigenvalue weighted by atomic mass is 35.5. The second-order valence-corrected chi connectivity index (χ2v) is 9.26. The number of rotatable bonds is 6. The third-order valence-corrected chi connectivity index (χ3v) is 6.75. The molecule has 0 spiro atoms. The van der Waals surface area contributed by atoms with E-state index in [1.165, 1.54) is 4.57 Å². The van der Waals surface area contributed by atoms with E-state index in [0.717, 1.165) is 53.3 Å². The number of halogens is 3. The van der Waals surface area contributed by atoms with Crippen molar-refractivity contribution in [3.63, 3.8) is 0 Å². The van der Waals surface area contributed by atoms with E-state index in [4.69, 9.17) is 17.3 Å². The van der Waals surface area contributed by atoms with Gasteiger partial charge in [-0.25, -0.2) is 8.78 Å². The van der Waals surface area contributed by atoms with Gasteiger partial charge in [-0.2, -0.15) is 5.10 Å². The molecular weight excluding hydrogens is 458 g/mol. The van der Waals surface area contributed by atoms with Crippen molar-refractivity contribution in [1.82, 2.24) is 4.57 Å². The Kier molecular flexibility index (Phi) is 6.89. The molecule has 1 saturated heterocycles. The van der Waals surface area contributed by atoms with Crippen LogP contribution in [0.25, 0.3) is 0 Å². The maximum atomic E-state index is 13.4. The van der Waals surface area contributed by atoms with Crippen LogP contribution >= 0.6 is 11.6 Å². The molecule has 0 amide bonds. The van der Waals surface area contributed by atoms with Crippen LogP contribution in [0.4, 0.5) is 14.5 Å². The van der Waals surface area contributed by atoms with Gasteiger partial charge < -0.3 is 15.2 Å². The molecule has 2 fully saturated rings. The molecule has 34 heavy (non-hydrogen) atoms. The lowest BCUT2D eigenvalue weighted by Gasteiger charge is -2.30. The Balaban J connectivity index is 1.93. The molecule has 9 heteroatoms. The predicted molar refractivity (Wildman–Crippen MR) is 134 cm³/mol. The largest absolute Gasteiger partial charge is 0.401 e. The van der Waals surface area contributed by atoms with E-state index < -0.39 is 13.0 Å². The van der Waals surface area contributed by atoms with Crippen molar-refractivity contribution in [2.45, 2.75) is 51.6 Å². The molecule has 0 aromatic carbocycles. The van der Waals surface area contributed by atoms with E-state index in [0.29, 0.717) is 28.4 Å². The zero-order valence-electron chi connectivity index (χ0n) is 19.4. The fourth-order valence-corrected chi connectivity index (χ4v) is 4.88. The first-order valence-electron chi connectivity index (χ1n) is 11.3. The molecule has 2 N–H and O–H groups in total. The molecule has 1 aliphatic heterocycles. The summed E-state index contributed by atoms with van der Waals surface area (Å²) in [6.45, 7) is 9.07. The molecular formula is C25H29ClF2N6. The first-order valence-corrected chi connectivity index (χ1v) is 11.6. The highest BCUT2D eigenvalue weighted by Crippen LogP contribution is 2.44. The number of nitrogens with two attached hydrogens (primary N) is 1. The Labute approximate surface area is 203 Å². The molecule has 4 rings (SSSR count). The molecule has 1 unspecified atom stereocenters. The molecule has 2 aliphatic carbocycles. The third kappa shape index (κ3) is 4.51. The number of nitrogens with zero attached hydrogens (tertiary/aromatic N) is 5. The van der Waals surface area contributed by atoms with Crippen molar-refractivity contribution in [2.75, 3.05) is 11.9 Å². The molecule has 0 radical (unpaired) electrons. The molecule has 1 atom stereocenters. The van der Waals surface area contributed by atoms with Gasteiger partial charge in [0.1, 0.15) is 0 Å². The topological polar surface area (TPSA) is 71.3 Å². The van der Waals surface area contributed by atoms with Gasteiger partial charge >= 0.3 is 0 Å². The Morgan fingerprint density at radius 1 is 1.29 bits per heavy atom. The maximum absolute atomic E-state index is 13.4. The number of anilines is 1. The Bertz CT molecular complexity index is 1220. The number of aromatic nitrogens is 1. The van der Waals surface area contributed by atoms with E-state index in [9.17, 15) is 8.78 Å². The number of hydrogen-bond acceptors (Lipinski definition) is 5. The summed E-state index contributed by atoms with van der Waals surface area (Å²) in [7, 11) is 1.76. The van der Waals surface area contributed by atoms with E-state index in [1.807, 2.05) is 30.0 Å². The number of aryl methyl sites for hydroxylation is 1. The zero-order chi connectivity index (χ0) is 24.6. The lowest BCUT2D eigenvalue weighted by Crippen LogP contribution is -2.36. The van der Waals surface area contributed by atoms with Gasteiger partial charge in [0.25, 0.3) is 6.43 Å².